The predicted octanol–water partition coefficient (Wildman–Crippen LogP) is 2.35. The van der Waals surface area contributed by atoms with E-state index in [9.17, 15) is 0 Å². The molecule has 0 fully saturated rings. The van der Waals surface area contributed by atoms with E-state index in [1.165, 1.54) is 0 Å². The Bertz CT molecular complexity index is 286. The van der Waals surface area contributed by atoms with Gasteiger partial charge in [-0.1, -0.05) is 12.1 Å². The van der Waals surface area contributed by atoms with Crippen molar-refractivity contribution in [1.29, 1.82) is 0 Å². The fraction of sp³-hybridized carbons (Fsp3) is 0. The van der Waals surface area contributed by atoms with Crippen molar-refractivity contribution in [2.45, 2.75) is 0 Å². The van der Waals surface area contributed by atoms with Gasteiger partial charge in [-0.25, -0.2) is 0 Å². The summed E-state index contributed by atoms with van der Waals surface area (Å²) in [6.07, 6.45) is 1.63. The summed E-state index contributed by atoms with van der Waals surface area (Å²) in [7, 11) is 0. The summed E-state index contributed by atoms with van der Waals surface area (Å²) in [4.78, 5) is 0. The lowest BCUT2D eigenvalue weighted by Gasteiger charge is -1.98. The van der Waals surface area contributed by atoms with E-state index in [1.807, 2.05) is 18.2 Å². The Morgan fingerprint density at radius 1 is 1.55 bits per heavy atom. The van der Waals surface area contributed by atoms with E-state index in [0.29, 0.717) is 0 Å². The van der Waals surface area contributed by atoms with E-state index in [1.54, 1.807) is 6.21 Å². The van der Waals surface area contributed by atoms with Crippen LogP contribution >= 0.6 is 38.5 Å². The Hall–Kier alpha value is -0.100. The molecular formula is C7H6BrIN2. The fourth-order valence-corrected chi connectivity index (χ4v) is 1.58. The zero-order valence-electron chi connectivity index (χ0n) is 5.59. The average molecular weight is 325 g/mol. The number of benzene rings is 1. The molecule has 0 aliphatic carbocycles. The summed E-state index contributed by atoms with van der Waals surface area (Å²) in [5.74, 6) is 5.03. The molecule has 58 valence electrons. The Labute approximate surface area is 87.1 Å². The number of halogens is 2. The van der Waals surface area contributed by atoms with Crippen LogP contribution in [0.1, 0.15) is 5.56 Å². The molecule has 0 saturated carbocycles. The Kier molecular flexibility index (Phi) is 3.32. The lowest BCUT2D eigenvalue weighted by molar-refractivity contribution is 1.26. The molecule has 1 aromatic rings. The van der Waals surface area contributed by atoms with Gasteiger partial charge in [0.25, 0.3) is 0 Å². The van der Waals surface area contributed by atoms with Gasteiger partial charge in [0.15, 0.2) is 0 Å². The van der Waals surface area contributed by atoms with Gasteiger partial charge in [-0.2, -0.15) is 5.10 Å². The van der Waals surface area contributed by atoms with E-state index in [0.717, 1.165) is 13.6 Å². The first kappa shape index (κ1) is 8.99. The molecule has 0 spiro atoms. The van der Waals surface area contributed by atoms with Gasteiger partial charge in [0.1, 0.15) is 0 Å². The number of nitrogens with two attached hydrogens (primary N) is 1. The second-order valence-electron chi connectivity index (χ2n) is 1.92. The maximum absolute atomic E-state index is 5.03. The molecule has 11 heavy (non-hydrogen) atoms. The van der Waals surface area contributed by atoms with Crippen LogP contribution in [0.4, 0.5) is 0 Å². The predicted molar refractivity (Wildman–Crippen MR) is 58.6 cm³/mol. The number of nitrogens with zero attached hydrogens (tertiary/aromatic N) is 1. The molecule has 0 aliphatic heterocycles. The first-order valence-electron chi connectivity index (χ1n) is 2.93. The van der Waals surface area contributed by atoms with Gasteiger partial charge in [-0.05, 0) is 44.6 Å². The molecule has 0 saturated heterocycles. The molecule has 0 amide bonds. The molecule has 0 unspecified atom stereocenters. The molecule has 0 aromatic heterocycles. The van der Waals surface area contributed by atoms with Crippen LogP contribution < -0.4 is 5.84 Å². The van der Waals surface area contributed by atoms with Crippen molar-refractivity contribution in [2.24, 2.45) is 10.9 Å². The Morgan fingerprint density at radius 3 is 2.91 bits per heavy atom. The van der Waals surface area contributed by atoms with Gasteiger partial charge in [-0.15, -0.1) is 0 Å². The molecule has 0 atom stereocenters. The van der Waals surface area contributed by atoms with Crippen molar-refractivity contribution in [2.75, 3.05) is 0 Å². The topological polar surface area (TPSA) is 38.4 Å². The van der Waals surface area contributed by atoms with Crippen molar-refractivity contribution >= 4 is 44.7 Å². The third kappa shape index (κ3) is 2.16. The molecular weight excluding hydrogens is 319 g/mol. The van der Waals surface area contributed by atoms with Crippen molar-refractivity contribution < 1.29 is 0 Å². The zero-order valence-corrected chi connectivity index (χ0v) is 9.33. The fourth-order valence-electron chi connectivity index (χ4n) is 0.700. The van der Waals surface area contributed by atoms with E-state index < -0.39 is 0 Å². The van der Waals surface area contributed by atoms with Crippen LogP contribution in [0.5, 0.6) is 0 Å². The lowest BCUT2D eigenvalue weighted by atomic mass is 10.2. The average Bonchev–Trinajstić information content (AvgIpc) is 1.99. The highest BCUT2D eigenvalue weighted by atomic mass is 127. The normalized spacial score (nSPS) is 10.7. The third-order valence-corrected chi connectivity index (χ3v) is 3.80. The van der Waals surface area contributed by atoms with Gasteiger partial charge < -0.3 is 5.84 Å². The molecule has 0 aliphatic rings. The van der Waals surface area contributed by atoms with Crippen LogP contribution in [-0.4, -0.2) is 6.21 Å². The van der Waals surface area contributed by atoms with Crippen LogP contribution in [0.15, 0.2) is 27.8 Å². The van der Waals surface area contributed by atoms with Crippen molar-refractivity contribution in [1.82, 2.24) is 0 Å². The van der Waals surface area contributed by atoms with Gasteiger partial charge in [0, 0.05) is 13.6 Å². The molecule has 4 heteroatoms. The highest BCUT2D eigenvalue weighted by molar-refractivity contribution is 14.1. The van der Waals surface area contributed by atoms with E-state index >= 15 is 0 Å². The second-order valence-corrected chi connectivity index (χ2v) is 3.85. The largest absolute Gasteiger partial charge is 0.323 e. The van der Waals surface area contributed by atoms with Crippen molar-refractivity contribution in [3.05, 3.63) is 31.8 Å². The number of hydrazone groups is 1. The smallest absolute Gasteiger partial charge is 0.0549 e. The number of hydrogen-bond donors (Lipinski definition) is 1. The maximum Gasteiger partial charge on any atom is 0.0549 e. The first-order chi connectivity index (χ1) is 5.25. The Balaban J connectivity index is 3.16. The lowest BCUT2D eigenvalue weighted by Crippen LogP contribution is -1.90. The summed E-state index contributed by atoms with van der Waals surface area (Å²) in [6.45, 7) is 0. The summed E-state index contributed by atoms with van der Waals surface area (Å²) in [5, 5.41) is 3.46. The number of rotatable bonds is 1. The van der Waals surface area contributed by atoms with Crippen LogP contribution in [0.3, 0.4) is 0 Å². The SMILES string of the molecule is NN=Cc1cccc(Br)c1I. The molecule has 0 bridgehead atoms. The summed E-state index contributed by atoms with van der Waals surface area (Å²) in [5.41, 5.74) is 1.03. The minimum absolute atomic E-state index is 1.03. The summed E-state index contributed by atoms with van der Waals surface area (Å²) < 4.78 is 2.19. The minimum Gasteiger partial charge on any atom is -0.323 e. The Morgan fingerprint density at radius 2 is 2.27 bits per heavy atom. The third-order valence-electron chi connectivity index (χ3n) is 1.20. The van der Waals surface area contributed by atoms with Gasteiger partial charge in [0.05, 0.1) is 6.21 Å². The van der Waals surface area contributed by atoms with E-state index in [-0.39, 0.29) is 0 Å². The molecule has 0 heterocycles. The second kappa shape index (κ2) is 4.06. The maximum atomic E-state index is 5.03. The van der Waals surface area contributed by atoms with Crippen molar-refractivity contribution in [3.63, 3.8) is 0 Å². The zero-order chi connectivity index (χ0) is 8.27. The molecule has 1 aromatic carbocycles. The van der Waals surface area contributed by atoms with Crippen LogP contribution in [0.2, 0.25) is 0 Å². The van der Waals surface area contributed by atoms with Gasteiger partial charge in [-0.3, -0.25) is 0 Å². The molecule has 2 N–H and O–H groups in total. The van der Waals surface area contributed by atoms with Gasteiger partial charge in [0.2, 0.25) is 0 Å². The van der Waals surface area contributed by atoms with Crippen LogP contribution in [0.25, 0.3) is 0 Å². The van der Waals surface area contributed by atoms with E-state index in [4.69, 9.17) is 5.84 Å². The summed E-state index contributed by atoms with van der Waals surface area (Å²) >= 11 is 5.64. The molecule has 1 rings (SSSR count). The van der Waals surface area contributed by atoms with Crippen molar-refractivity contribution in [3.8, 4) is 0 Å². The highest BCUT2D eigenvalue weighted by Gasteiger charge is 1.99. The highest BCUT2D eigenvalue weighted by Crippen LogP contribution is 2.20. The van der Waals surface area contributed by atoms with Crippen LogP contribution in [-0.2, 0) is 0 Å². The van der Waals surface area contributed by atoms with Crippen LogP contribution in [0, 0.1) is 3.57 Å². The summed E-state index contributed by atoms with van der Waals surface area (Å²) in [6, 6.07) is 5.89. The quantitative estimate of drug-likeness (QED) is 0.366. The molecule has 2 nitrogen and oxygen atoms in total. The first-order valence-corrected chi connectivity index (χ1v) is 4.80. The van der Waals surface area contributed by atoms with E-state index in [2.05, 4.69) is 43.6 Å². The monoisotopic (exact) mass is 324 g/mol. The standard InChI is InChI=1S/C7H6BrIN2/c8-6-3-1-2-5(4-11-10)7(6)9/h1-4H,10H2. The minimum atomic E-state index is 1.03. The van der Waals surface area contributed by atoms with Gasteiger partial charge >= 0.3 is 0 Å². The molecule has 0 radical (unpaired) electrons. The number of hydrogen-bond acceptors (Lipinski definition) is 2.